The lowest BCUT2D eigenvalue weighted by atomic mass is 9.82. The van der Waals surface area contributed by atoms with Crippen LogP contribution in [0.2, 0.25) is 0 Å². The van der Waals surface area contributed by atoms with Gasteiger partial charge in [0.25, 0.3) is 0 Å². The average Bonchev–Trinajstić information content (AvgIpc) is 2.38. The molecule has 0 aromatic heterocycles. The van der Waals surface area contributed by atoms with Gasteiger partial charge in [-0.3, -0.25) is 0 Å². The van der Waals surface area contributed by atoms with Gasteiger partial charge in [0, 0.05) is 6.54 Å². The van der Waals surface area contributed by atoms with Crippen LogP contribution in [0.25, 0.3) is 0 Å². The van der Waals surface area contributed by atoms with E-state index in [-0.39, 0.29) is 5.41 Å². The van der Waals surface area contributed by atoms with Gasteiger partial charge in [-0.15, -0.1) is 0 Å². The smallest absolute Gasteiger partial charge is 0.00359 e. The van der Waals surface area contributed by atoms with E-state index >= 15 is 0 Å². The van der Waals surface area contributed by atoms with Crippen LogP contribution in [0.5, 0.6) is 0 Å². The summed E-state index contributed by atoms with van der Waals surface area (Å²) in [6.07, 6.45) is 5.37. The summed E-state index contributed by atoms with van der Waals surface area (Å²) in [7, 11) is 0. The van der Waals surface area contributed by atoms with Crippen molar-refractivity contribution < 1.29 is 0 Å². The standard InChI is InChI=1S/C20H33N/c1-19(2,3)18-11-9-17(10-12-18)15-20(4,5)16-21-13-7-6-8-14-21/h9-12H,6-8,13-16H2,1-5H3. The normalized spacial score (nSPS) is 18.0. The van der Waals surface area contributed by atoms with Crippen LogP contribution < -0.4 is 0 Å². The van der Waals surface area contributed by atoms with Gasteiger partial charge >= 0.3 is 0 Å². The molecule has 1 aliphatic rings. The number of piperidine rings is 1. The van der Waals surface area contributed by atoms with Crippen LogP contribution in [0.15, 0.2) is 24.3 Å². The van der Waals surface area contributed by atoms with E-state index in [2.05, 4.69) is 63.8 Å². The lowest BCUT2D eigenvalue weighted by Crippen LogP contribution is -2.38. The Balaban J connectivity index is 1.95. The summed E-state index contributed by atoms with van der Waals surface area (Å²) in [6.45, 7) is 15.5. The van der Waals surface area contributed by atoms with E-state index in [4.69, 9.17) is 0 Å². The second-order valence-electron chi connectivity index (χ2n) is 8.62. The molecule has 0 aliphatic carbocycles. The van der Waals surface area contributed by atoms with Gasteiger partial charge in [-0.25, -0.2) is 0 Å². The summed E-state index contributed by atoms with van der Waals surface area (Å²) >= 11 is 0. The van der Waals surface area contributed by atoms with Crippen molar-refractivity contribution in [2.45, 2.75) is 65.7 Å². The molecule has 1 heterocycles. The number of rotatable bonds is 4. The van der Waals surface area contributed by atoms with Crippen LogP contribution >= 0.6 is 0 Å². The van der Waals surface area contributed by atoms with Gasteiger partial charge in [-0.1, -0.05) is 65.3 Å². The molecule has 1 aromatic carbocycles. The van der Waals surface area contributed by atoms with Gasteiger partial charge in [0.15, 0.2) is 0 Å². The van der Waals surface area contributed by atoms with Gasteiger partial charge in [0.1, 0.15) is 0 Å². The third-order valence-corrected chi connectivity index (χ3v) is 4.60. The van der Waals surface area contributed by atoms with Gasteiger partial charge in [0.2, 0.25) is 0 Å². The van der Waals surface area contributed by atoms with Crippen molar-refractivity contribution in [1.29, 1.82) is 0 Å². The first-order valence-corrected chi connectivity index (χ1v) is 8.58. The fourth-order valence-electron chi connectivity index (χ4n) is 3.45. The summed E-state index contributed by atoms with van der Waals surface area (Å²) in [6, 6.07) is 9.29. The van der Waals surface area contributed by atoms with Crippen molar-refractivity contribution in [2.75, 3.05) is 19.6 Å². The molecule has 0 atom stereocenters. The Bertz CT molecular complexity index is 430. The Morgan fingerprint density at radius 1 is 0.857 bits per heavy atom. The van der Waals surface area contributed by atoms with Gasteiger partial charge in [0.05, 0.1) is 0 Å². The maximum atomic E-state index is 2.66. The summed E-state index contributed by atoms with van der Waals surface area (Å²) in [5.74, 6) is 0. The van der Waals surface area contributed by atoms with Crippen LogP contribution in [0, 0.1) is 5.41 Å². The molecule has 2 rings (SSSR count). The van der Waals surface area contributed by atoms with E-state index in [1.165, 1.54) is 56.4 Å². The van der Waals surface area contributed by atoms with Crippen molar-refractivity contribution >= 4 is 0 Å². The molecule has 0 N–H and O–H groups in total. The molecule has 1 saturated heterocycles. The zero-order valence-corrected chi connectivity index (χ0v) is 14.7. The minimum Gasteiger partial charge on any atom is -0.303 e. The molecule has 1 heteroatoms. The van der Waals surface area contributed by atoms with Crippen LogP contribution in [0.1, 0.15) is 65.0 Å². The topological polar surface area (TPSA) is 3.24 Å². The highest BCUT2D eigenvalue weighted by atomic mass is 15.1. The first-order valence-electron chi connectivity index (χ1n) is 8.58. The zero-order chi connectivity index (χ0) is 15.5. The molecule has 1 aliphatic heterocycles. The van der Waals surface area contributed by atoms with E-state index in [9.17, 15) is 0 Å². The molecule has 1 nitrogen and oxygen atoms in total. The zero-order valence-electron chi connectivity index (χ0n) is 14.7. The van der Waals surface area contributed by atoms with Gasteiger partial charge < -0.3 is 4.90 Å². The molecule has 0 saturated carbocycles. The fourth-order valence-corrected chi connectivity index (χ4v) is 3.45. The highest BCUT2D eigenvalue weighted by Crippen LogP contribution is 2.27. The third kappa shape index (κ3) is 5.14. The van der Waals surface area contributed by atoms with E-state index < -0.39 is 0 Å². The third-order valence-electron chi connectivity index (χ3n) is 4.60. The number of benzene rings is 1. The molecule has 1 fully saturated rings. The summed E-state index contributed by atoms with van der Waals surface area (Å²) < 4.78 is 0. The molecule has 0 radical (unpaired) electrons. The van der Waals surface area contributed by atoms with E-state index in [0.29, 0.717) is 5.41 Å². The molecular weight excluding hydrogens is 254 g/mol. The minimum atomic E-state index is 0.252. The van der Waals surface area contributed by atoms with E-state index in [1.807, 2.05) is 0 Å². The van der Waals surface area contributed by atoms with Gasteiger partial charge in [-0.05, 0) is 54.3 Å². The largest absolute Gasteiger partial charge is 0.303 e. The lowest BCUT2D eigenvalue weighted by molar-refractivity contribution is 0.152. The number of hydrogen-bond acceptors (Lipinski definition) is 1. The van der Waals surface area contributed by atoms with Crippen LogP contribution in [0.3, 0.4) is 0 Å². The number of hydrogen-bond donors (Lipinski definition) is 0. The maximum absolute atomic E-state index is 2.66. The second-order valence-corrected chi connectivity index (χ2v) is 8.62. The first-order chi connectivity index (χ1) is 9.76. The molecule has 0 unspecified atom stereocenters. The molecule has 0 bridgehead atoms. The van der Waals surface area contributed by atoms with Crippen molar-refractivity contribution in [3.05, 3.63) is 35.4 Å². The highest BCUT2D eigenvalue weighted by molar-refractivity contribution is 5.28. The molecule has 118 valence electrons. The van der Waals surface area contributed by atoms with Gasteiger partial charge in [-0.2, -0.15) is 0 Å². The first kappa shape index (κ1) is 16.5. The Morgan fingerprint density at radius 2 is 1.43 bits per heavy atom. The molecule has 21 heavy (non-hydrogen) atoms. The summed E-state index contributed by atoms with van der Waals surface area (Å²) in [5, 5.41) is 0. The molecule has 0 amide bonds. The van der Waals surface area contributed by atoms with Crippen LogP contribution in [-0.4, -0.2) is 24.5 Å². The molecular formula is C20H33N. The van der Waals surface area contributed by atoms with Crippen LogP contribution in [-0.2, 0) is 11.8 Å². The number of likely N-dealkylation sites (tertiary alicyclic amines) is 1. The van der Waals surface area contributed by atoms with Crippen LogP contribution in [0.4, 0.5) is 0 Å². The second kappa shape index (κ2) is 6.52. The highest BCUT2D eigenvalue weighted by Gasteiger charge is 2.23. The van der Waals surface area contributed by atoms with E-state index in [0.717, 1.165) is 0 Å². The summed E-state index contributed by atoms with van der Waals surface area (Å²) in [5.41, 5.74) is 3.52. The van der Waals surface area contributed by atoms with Crippen molar-refractivity contribution in [3.8, 4) is 0 Å². The average molecular weight is 287 g/mol. The lowest BCUT2D eigenvalue weighted by Gasteiger charge is -2.35. The summed E-state index contributed by atoms with van der Waals surface area (Å²) in [4.78, 5) is 2.66. The predicted molar refractivity (Wildman–Crippen MR) is 92.9 cm³/mol. The Kier molecular flexibility index (Phi) is 5.14. The Morgan fingerprint density at radius 3 is 1.95 bits per heavy atom. The minimum absolute atomic E-state index is 0.252. The molecule has 1 aromatic rings. The Labute approximate surface area is 131 Å². The van der Waals surface area contributed by atoms with E-state index in [1.54, 1.807) is 0 Å². The fraction of sp³-hybridized carbons (Fsp3) is 0.700. The quantitative estimate of drug-likeness (QED) is 0.750. The molecule has 0 spiro atoms. The SMILES string of the molecule is CC(C)(Cc1ccc(C(C)(C)C)cc1)CN1CCCCC1. The monoisotopic (exact) mass is 287 g/mol. The van der Waals surface area contributed by atoms with Crippen molar-refractivity contribution in [2.24, 2.45) is 5.41 Å². The Hall–Kier alpha value is -0.820. The van der Waals surface area contributed by atoms with Crippen molar-refractivity contribution in [1.82, 2.24) is 4.90 Å². The predicted octanol–water partition coefficient (Wildman–Crippen LogP) is 5.04. The number of nitrogens with zero attached hydrogens (tertiary/aromatic N) is 1. The van der Waals surface area contributed by atoms with Crippen molar-refractivity contribution in [3.63, 3.8) is 0 Å². The maximum Gasteiger partial charge on any atom is 0.00359 e.